The highest BCUT2D eigenvalue weighted by atomic mass is 16.3. The van der Waals surface area contributed by atoms with Gasteiger partial charge < -0.3 is 10.2 Å². The summed E-state index contributed by atoms with van der Waals surface area (Å²) in [6.07, 6.45) is 2.96. The predicted molar refractivity (Wildman–Crippen MR) is 76.4 cm³/mol. The molecular formula is C16H30O2. The van der Waals surface area contributed by atoms with Crippen molar-refractivity contribution in [3.8, 4) is 0 Å². The van der Waals surface area contributed by atoms with E-state index in [9.17, 15) is 5.11 Å². The van der Waals surface area contributed by atoms with E-state index < -0.39 is 5.60 Å². The second-order valence-electron chi connectivity index (χ2n) is 7.66. The highest BCUT2D eigenvalue weighted by Crippen LogP contribution is 2.57. The van der Waals surface area contributed by atoms with Crippen molar-refractivity contribution in [2.75, 3.05) is 6.61 Å². The van der Waals surface area contributed by atoms with Crippen LogP contribution in [0.1, 0.15) is 60.3 Å². The lowest BCUT2D eigenvalue weighted by Gasteiger charge is -2.56. The molecule has 0 heterocycles. The molecule has 0 atom stereocenters. The Labute approximate surface area is 112 Å². The topological polar surface area (TPSA) is 40.5 Å². The lowest BCUT2D eigenvalue weighted by atomic mass is 9.51. The van der Waals surface area contributed by atoms with Gasteiger partial charge in [-0.2, -0.15) is 0 Å². The molecule has 0 spiro atoms. The fourth-order valence-electron chi connectivity index (χ4n) is 4.94. The van der Waals surface area contributed by atoms with Gasteiger partial charge in [-0.25, -0.2) is 0 Å². The average Bonchev–Trinajstić information content (AvgIpc) is 2.08. The Morgan fingerprint density at radius 2 is 1.61 bits per heavy atom. The molecule has 2 nitrogen and oxygen atoms in total. The molecule has 1 aliphatic rings. The summed E-state index contributed by atoms with van der Waals surface area (Å²) in [5, 5.41) is 19.8. The van der Waals surface area contributed by atoms with Crippen molar-refractivity contribution in [1.82, 2.24) is 0 Å². The van der Waals surface area contributed by atoms with Crippen LogP contribution in [0.2, 0.25) is 0 Å². The Hall–Kier alpha value is -0.340. The first-order chi connectivity index (χ1) is 8.04. The summed E-state index contributed by atoms with van der Waals surface area (Å²) < 4.78 is 0. The SMILES string of the molecule is C=C(C)C1C(C)(C)CC(O)(CCCO)CC1(C)C. The molecule has 1 rings (SSSR count). The van der Waals surface area contributed by atoms with Crippen molar-refractivity contribution >= 4 is 0 Å². The molecule has 106 valence electrons. The van der Waals surface area contributed by atoms with E-state index in [0.29, 0.717) is 18.8 Å². The van der Waals surface area contributed by atoms with Crippen molar-refractivity contribution in [2.24, 2.45) is 16.7 Å². The van der Waals surface area contributed by atoms with Crippen molar-refractivity contribution in [3.63, 3.8) is 0 Å². The largest absolute Gasteiger partial charge is 0.396 e. The molecule has 0 saturated heterocycles. The van der Waals surface area contributed by atoms with Gasteiger partial charge >= 0.3 is 0 Å². The lowest BCUT2D eigenvalue weighted by molar-refractivity contribution is -0.119. The fourth-order valence-corrected chi connectivity index (χ4v) is 4.94. The summed E-state index contributed by atoms with van der Waals surface area (Å²) in [5.41, 5.74) is 0.686. The lowest BCUT2D eigenvalue weighted by Crippen LogP contribution is -2.52. The van der Waals surface area contributed by atoms with E-state index in [2.05, 4.69) is 41.2 Å². The number of aliphatic hydroxyl groups excluding tert-OH is 1. The molecule has 0 aromatic heterocycles. The van der Waals surface area contributed by atoms with Crippen LogP contribution in [-0.2, 0) is 0 Å². The van der Waals surface area contributed by atoms with Crippen molar-refractivity contribution in [2.45, 2.75) is 65.9 Å². The number of allylic oxidation sites excluding steroid dienone is 1. The predicted octanol–water partition coefficient (Wildman–Crippen LogP) is 3.53. The molecule has 0 bridgehead atoms. The van der Waals surface area contributed by atoms with E-state index in [1.807, 2.05) is 0 Å². The van der Waals surface area contributed by atoms with Gasteiger partial charge in [0.1, 0.15) is 0 Å². The van der Waals surface area contributed by atoms with Crippen LogP contribution >= 0.6 is 0 Å². The van der Waals surface area contributed by atoms with E-state index in [1.165, 1.54) is 5.57 Å². The zero-order valence-electron chi connectivity index (χ0n) is 12.7. The first kappa shape index (κ1) is 15.7. The normalized spacial score (nSPS) is 34.3. The maximum absolute atomic E-state index is 10.8. The monoisotopic (exact) mass is 254 g/mol. The fraction of sp³-hybridized carbons (Fsp3) is 0.875. The second-order valence-corrected chi connectivity index (χ2v) is 7.66. The van der Waals surface area contributed by atoms with Crippen LogP contribution in [0.5, 0.6) is 0 Å². The Bertz CT molecular complexity index is 297. The van der Waals surface area contributed by atoms with E-state index in [-0.39, 0.29) is 17.4 Å². The third-order valence-electron chi connectivity index (χ3n) is 4.43. The molecule has 1 aliphatic carbocycles. The molecule has 1 saturated carbocycles. The van der Waals surface area contributed by atoms with Crippen LogP contribution in [0, 0.1) is 16.7 Å². The second kappa shape index (κ2) is 4.97. The minimum Gasteiger partial charge on any atom is -0.396 e. The zero-order chi connectivity index (χ0) is 14.2. The molecule has 0 amide bonds. The van der Waals surface area contributed by atoms with Crippen molar-refractivity contribution < 1.29 is 10.2 Å². The molecule has 0 aliphatic heterocycles. The Morgan fingerprint density at radius 1 is 1.17 bits per heavy atom. The number of aliphatic hydroxyl groups is 2. The van der Waals surface area contributed by atoms with Gasteiger partial charge in [0.2, 0.25) is 0 Å². The van der Waals surface area contributed by atoms with Gasteiger partial charge in [-0.3, -0.25) is 0 Å². The van der Waals surface area contributed by atoms with Gasteiger partial charge in [-0.15, -0.1) is 0 Å². The van der Waals surface area contributed by atoms with E-state index in [1.54, 1.807) is 0 Å². The molecule has 2 N–H and O–H groups in total. The van der Waals surface area contributed by atoms with Crippen molar-refractivity contribution in [1.29, 1.82) is 0 Å². The molecule has 0 radical (unpaired) electrons. The van der Waals surface area contributed by atoms with Gasteiger partial charge in [-0.1, -0.05) is 39.8 Å². The Balaban J connectivity index is 3.01. The third-order valence-corrected chi connectivity index (χ3v) is 4.43. The van der Waals surface area contributed by atoms with Crippen molar-refractivity contribution in [3.05, 3.63) is 12.2 Å². The van der Waals surface area contributed by atoms with Crippen LogP contribution in [0.4, 0.5) is 0 Å². The third kappa shape index (κ3) is 3.16. The first-order valence-corrected chi connectivity index (χ1v) is 7.03. The number of hydrogen-bond donors (Lipinski definition) is 2. The molecule has 0 aromatic carbocycles. The smallest absolute Gasteiger partial charge is 0.0659 e. The molecular weight excluding hydrogens is 224 g/mol. The maximum atomic E-state index is 10.8. The number of hydrogen-bond acceptors (Lipinski definition) is 2. The summed E-state index contributed by atoms with van der Waals surface area (Å²) in [7, 11) is 0. The molecule has 0 aromatic rings. The Kier molecular flexibility index (Phi) is 4.34. The average molecular weight is 254 g/mol. The van der Waals surface area contributed by atoms with Gasteiger partial charge in [-0.05, 0) is 49.4 Å². The highest BCUT2D eigenvalue weighted by molar-refractivity contribution is 5.14. The minimum atomic E-state index is -0.637. The minimum absolute atomic E-state index is 0.0534. The van der Waals surface area contributed by atoms with Crippen LogP contribution < -0.4 is 0 Å². The summed E-state index contributed by atoms with van der Waals surface area (Å²) in [6, 6.07) is 0. The molecule has 0 unspecified atom stereocenters. The van der Waals surface area contributed by atoms with E-state index in [0.717, 1.165) is 12.8 Å². The number of rotatable bonds is 4. The standard InChI is InChI=1S/C16H30O2/c1-12(2)13-14(3,4)10-16(18,8-7-9-17)11-15(13,5)6/h13,17-18H,1,7-11H2,2-6H3. The highest BCUT2D eigenvalue weighted by Gasteiger charge is 2.52. The van der Waals surface area contributed by atoms with Crippen LogP contribution in [0.25, 0.3) is 0 Å². The van der Waals surface area contributed by atoms with Crippen LogP contribution in [0.3, 0.4) is 0 Å². The molecule has 18 heavy (non-hydrogen) atoms. The first-order valence-electron chi connectivity index (χ1n) is 7.03. The van der Waals surface area contributed by atoms with Crippen LogP contribution in [-0.4, -0.2) is 22.4 Å². The summed E-state index contributed by atoms with van der Waals surface area (Å²) in [6.45, 7) is 15.4. The van der Waals surface area contributed by atoms with E-state index >= 15 is 0 Å². The quantitative estimate of drug-likeness (QED) is 0.753. The summed E-state index contributed by atoms with van der Waals surface area (Å²) in [4.78, 5) is 0. The van der Waals surface area contributed by atoms with Gasteiger partial charge in [0.25, 0.3) is 0 Å². The summed E-state index contributed by atoms with van der Waals surface area (Å²) >= 11 is 0. The van der Waals surface area contributed by atoms with Gasteiger partial charge in [0, 0.05) is 6.61 Å². The zero-order valence-corrected chi connectivity index (χ0v) is 12.7. The molecule has 2 heteroatoms. The van der Waals surface area contributed by atoms with E-state index in [4.69, 9.17) is 5.11 Å². The Morgan fingerprint density at radius 3 is 1.94 bits per heavy atom. The summed E-state index contributed by atoms with van der Waals surface area (Å²) in [5.74, 6) is 0.430. The van der Waals surface area contributed by atoms with Gasteiger partial charge in [0.05, 0.1) is 5.60 Å². The van der Waals surface area contributed by atoms with Gasteiger partial charge in [0.15, 0.2) is 0 Å². The van der Waals surface area contributed by atoms with Crippen LogP contribution in [0.15, 0.2) is 12.2 Å². The molecule has 1 fully saturated rings. The maximum Gasteiger partial charge on any atom is 0.0659 e.